The number of rotatable bonds is 8. The van der Waals surface area contributed by atoms with E-state index in [0.29, 0.717) is 44.4 Å². The summed E-state index contributed by atoms with van der Waals surface area (Å²) in [4.78, 5) is 20.3. The SMILES string of the molecule is COC(=O)N1CCN(c2cccc(-c3cc4nccc(-c5ccc(OC(F)F)c(OCC6CC6)c5)n4n3)c2)CC1. The molecule has 1 aliphatic carbocycles. The molecule has 0 atom stereocenters. The van der Waals surface area contributed by atoms with Crippen LogP contribution in [0.25, 0.3) is 28.2 Å². The van der Waals surface area contributed by atoms with Gasteiger partial charge in [0.15, 0.2) is 17.1 Å². The highest BCUT2D eigenvalue weighted by atomic mass is 19.3. The molecule has 0 spiro atoms. The molecule has 1 saturated carbocycles. The molecule has 40 heavy (non-hydrogen) atoms. The van der Waals surface area contributed by atoms with Crippen LogP contribution in [0.4, 0.5) is 19.3 Å². The van der Waals surface area contributed by atoms with Gasteiger partial charge in [0.1, 0.15) is 0 Å². The van der Waals surface area contributed by atoms with Gasteiger partial charge in [-0.1, -0.05) is 12.1 Å². The minimum atomic E-state index is -2.94. The highest BCUT2D eigenvalue weighted by Crippen LogP contribution is 2.37. The first-order valence-electron chi connectivity index (χ1n) is 13.2. The zero-order chi connectivity index (χ0) is 27.6. The van der Waals surface area contributed by atoms with Crippen molar-refractivity contribution in [2.45, 2.75) is 19.5 Å². The van der Waals surface area contributed by atoms with Crippen molar-refractivity contribution in [1.29, 1.82) is 0 Å². The number of aromatic nitrogens is 3. The van der Waals surface area contributed by atoms with Crippen LogP contribution in [0.2, 0.25) is 0 Å². The molecule has 0 bridgehead atoms. The van der Waals surface area contributed by atoms with Crippen LogP contribution in [0.1, 0.15) is 12.8 Å². The molecular formula is C29H29F2N5O4. The number of methoxy groups -OCH3 is 1. The Kier molecular flexibility index (Phi) is 7.10. The third-order valence-electron chi connectivity index (χ3n) is 7.20. The predicted octanol–water partition coefficient (Wildman–Crippen LogP) is 5.34. The lowest BCUT2D eigenvalue weighted by Crippen LogP contribution is -2.48. The largest absolute Gasteiger partial charge is 0.489 e. The highest BCUT2D eigenvalue weighted by Gasteiger charge is 2.24. The highest BCUT2D eigenvalue weighted by molar-refractivity contribution is 5.72. The summed E-state index contributed by atoms with van der Waals surface area (Å²) in [5.41, 5.74) is 4.85. The predicted molar refractivity (Wildman–Crippen MR) is 145 cm³/mol. The van der Waals surface area contributed by atoms with Crippen LogP contribution in [0.3, 0.4) is 0 Å². The average Bonchev–Trinajstić information content (AvgIpc) is 3.71. The van der Waals surface area contributed by atoms with Gasteiger partial charge in [0.25, 0.3) is 0 Å². The molecule has 2 aromatic carbocycles. The van der Waals surface area contributed by atoms with E-state index in [1.54, 1.807) is 27.7 Å². The Labute approximate surface area is 229 Å². The van der Waals surface area contributed by atoms with E-state index in [-0.39, 0.29) is 17.6 Å². The Morgan fingerprint density at radius 3 is 2.58 bits per heavy atom. The quantitative estimate of drug-likeness (QED) is 0.293. The van der Waals surface area contributed by atoms with Crippen molar-refractivity contribution < 1.29 is 27.8 Å². The van der Waals surface area contributed by atoms with Crippen LogP contribution in [0.15, 0.2) is 60.8 Å². The maximum Gasteiger partial charge on any atom is 0.409 e. The summed E-state index contributed by atoms with van der Waals surface area (Å²) in [6, 6.07) is 16.8. The number of carbonyl (C=O) groups is 1. The van der Waals surface area contributed by atoms with E-state index < -0.39 is 6.61 Å². The van der Waals surface area contributed by atoms with Crippen LogP contribution in [-0.4, -0.2) is 72.1 Å². The van der Waals surface area contributed by atoms with E-state index in [1.165, 1.54) is 13.2 Å². The summed E-state index contributed by atoms with van der Waals surface area (Å²) >= 11 is 0. The van der Waals surface area contributed by atoms with Crippen molar-refractivity contribution in [3.05, 3.63) is 60.8 Å². The van der Waals surface area contributed by atoms with Gasteiger partial charge >= 0.3 is 12.7 Å². The monoisotopic (exact) mass is 549 g/mol. The number of hydrogen-bond donors (Lipinski definition) is 0. The second kappa shape index (κ2) is 11.0. The molecule has 9 nitrogen and oxygen atoms in total. The summed E-state index contributed by atoms with van der Waals surface area (Å²) in [6.45, 7) is 0.104. The van der Waals surface area contributed by atoms with E-state index in [2.05, 4.69) is 16.0 Å². The number of carbonyl (C=O) groups excluding carboxylic acids is 1. The van der Waals surface area contributed by atoms with Crippen molar-refractivity contribution in [1.82, 2.24) is 19.5 Å². The van der Waals surface area contributed by atoms with Gasteiger partial charge in [-0.2, -0.15) is 13.9 Å². The normalized spacial score (nSPS) is 15.5. The van der Waals surface area contributed by atoms with Crippen LogP contribution in [0, 0.1) is 5.92 Å². The van der Waals surface area contributed by atoms with Crippen molar-refractivity contribution >= 4 is 17.4 Å². The van der Waals surface area contributed by atoms with Crippen molar-refractivity contribution in [3.8, 4) is 34.0 Å². The molecule has 0 unspecified atom stereocenters. The van der Waals surface area contributed by atoms with Gasteiger partial charge in [0.2, 0.25) is 0 Å². The van der Waals surface area contributed by atoms with Crippen molar-refractivity contribution in [2.24, 2.45) is 5.92 Å². The van der Waals surface area contributed by atoms with Crippen LogP contribution < -0.4 is 14.4 Å². The first-order chi connectivity index (χ1) is 19.5. The van der Waals surface area contributed by atoms with Gasteiger partial charge in [0, 0.05) is 55.3 Å². The number of ether oxygens (including phenoxy) is 3. The summed E-state index contributed by atoms with van der Waals surface area (Å²) in [7, 11) is 1.39. The number of fused-ring (bicyclic) bond motifs is 1. The Morgan fingerprint density at radius 2 is 1.82 bits per heavy atom. The maximum atomic E-state index is 13.0. The lowest BCUT2D eigenvalue weighted by molar-refractivity contribution is -0.0515. The third-order valence-corrected chi connectivity index (χ3v) is 7.20. The fourth-order valence-corrected chi connectivity index (χ4v) is 4.86. The number of anilines is 1. The summed E-state index contributed by atoms with van der Waals surface area (Å²) < 4.78 is 43.1. The molecule has 1 saturated heterocycles. The molecule has 2 aliphatic rings. The second-order valence-corrected chi connectivity index (χ2v) is 9.92. The molecule has 208 valence electrons. The van der Waals surface area contributed by atoms with Crippen molar-refractivity contribution in [3.63, 3.8) is 0 Å². The Balaban J connectivity index is 1.28. The van der Waals surface area contributed by atoms with Crippen molar-refractivity contribution in [2.75, 3.05) is 44.8 Å². The van der Waals surface area contributed by atoms with Crippen LogP contribution in [0.5, 0.6) is 11.5 Å². The number of nitrogens with zero attached hydrogens (tertiary/aromatic N) is 5. The number of benzene rings is 2. The Bertz CT molecular complexity index is 1520. The van der Waals surface area contributed by atoms with E-state index in [9.17, 15) is 13.6 Å². The maximum absolute atomic E-state index is 13.0. The molecule has 0 N–H and O–H groups in total. The number of halogens is 2. The second-order valence-electron chi connectivity index (χ2n) is 9.92. The molecule has 1 amide bonds. The smallest absolute Gasteiger partial charge is 0.409 e. The topological polar surface area (TPSA) is 81.4 Å². The fraction of sp³-hybridized carbons (Fsp3) is 0.345. The van der Waals surface area contributed by atoms with Gasteiger partial charge in [-0.3, -0.25) is 0 Å². The minimum absolute atomic E-state index is 0.00934. The van der Waals surface area contributed by atoms with Gasteiger partial charge in [-0.25, -0.2) is 14.3 Å². The van der Waals surface area contributed by atoms with E-state index in [1.807, 2.05) is 30.3 Å². The fourth-order valence-electron chi connectivity index (χ4n) is 4.86. The van der Waals surface area contributed by atoms with Crippen LogP contribution in [-0.2, 0) is 4.74 Å². The Hall–Kier alpha value is -4.41. The third kappa shape index (κ3) is 5.49. The van der Waals surface area contributed by atoms with Crippen LogP contribution >= 0.6 is 0 Å². The standard InChI is InChI=1S/C29H29F2N5O4/c1-38-29(37)35-13-11-34(12-14-35)22-4-2-3-20(15-22)23-17-27-32-10-9-24(36(27)33-23)21-7-8-25(40-28(30)31)26(16-21)39-18-19-5-6-19/h2-4,7-10,15-17,19,28H,5-6,11-14,18H2,1H3. The van der Waals surface area contributed by atoms with Gasteiger partial charge in [-0.15, -0.1) is 0 Å². The number of hydrogen-bond acceptors (Lipinski definition) is 7. The van der Waals surface area contributed by atoms with E-state index >= 15 is 0 Å². The molecule has 6 rings (SSSR count). The molecule has 3 heterocycles. The molecule has 2 fully saturated rings. The number of piperazine rings is 1. The summed E-state index contributed by atoms with van der Waals surface area (Å²) in [6.07, 6.45) is 3.55. The van der Waals surface area contributed by atoms with Gasteiger partial charge in [-0.05, 0) is 55.2 Å². The first-order valence-corrected chi connectivity index (χ1v) is 13.2. The first kappa shape index (κ1) is 25.8. The van der Waals surface area contributed by atoms with Gasteiger partial charge < -0.3 is 24.0 Å². The zero-order valence-electron chi connectivity index (χ0n) is 22.0. The molecular weight excluding hydrogens is 520 g/mol. The molecule has 4 aromatic rings. The Morgan fingerprint density at radius 1 is 1.00 bits per heavy atom. The van der Waals surface area contributed by atoms with Gasteiger partial charge in [0.05, 0.1) is 25.1 Å². The van der Waals surface area contributed by atoms with E-state index in [0.717, 1.165) is 41.0 Å². The number of alkyl halides is 2. The zero-order valence-corrected chi connectivity index (χ0v) is 22.0. The molecule has 2 aromatic heterocycles. The minimum Gasteiger partial charge on any atom is -0.489 e. The summed E-state index contributed by atoms with van der Waals surface area (Å²) in [5, 5.41) is 4.85. The lowest BCUT2D eigenvalue weighted by Gasteiger charge is -2.35. The average molecular weight is 550 g/mol. The molecule has 0 radical (unpaired) electrons. The summed E-state index contributed by atoms with van der Waals surface area (Å²) in [5.74, 6) is 0.744. The molecule has 11 heteroatoms. The lowest BCUT2D eigenvalue weighted by atomic mass is 10.1. The van der Waals surface area contributed by atoms with E-state index in [4.69, 9.17) is 19.3 Å². The number of amides is 1. The molecule has 1 aliphatic heterocycles.